The van der Waals surface area contributed by atoms with Crippen molar-refractivity contribution in [3.63, 3.8) is 0 Å². The summed E-state index contributed by atoms with van der Waals surface area (Å²) in [6, 6.07) is 30.7. The molecule has 0 saturated carbocycles. The second-order valence-electron chi connectivity index (χ2n) is 10.8. The molecule has 3 aromatic rings. The van der Waals surface area contributed by atoms with E-state index >= 15 is 0 Å². The van der Waals surface area contributed by atoms with Crippen molar-refractivity contribution in [3.05, 3.63) is 156 Å². The summed E-state index contributed by atoms with van der Waals surface area (Å²) in [5, 5.41) is 0. The van der Waals surface area contributed by atoms with Gasteiger partial charge in [0.05, 0.1) is 0 Å². The molecule has 0 fully saturated rings. The van der Waals surface area contributed by atoms with E-state index in [0.29, 0.717) is 0 Å². The van der Waals surface area contributed by atoms with Crippen LogP contribution >= 0.6 is 0 Å². The van der Waals surface area contributed by atoms with Gasteiger partial charge in [0.2, 0.25) is 0 Å². The van der Waals surface area contributed by atoms with E-state index in [1.54, 1.807) is 0 Å². The third kappa shape index (κ3) is 3.92. The average Bonchev–Trinajstić information content (AvgIpc) is 2.89. The van der Waals surface area contributed by atoms with Crippen LogP contribution in [0.25, 0.3) is 0 Å². The summed E-state index contributed by atoms with van der Waals surface area (Å²) in [7, 11) is 0. The molecule has 3 aromatic carbocycles. The molecule has 0 nitrogen and oxygen atoms in total. The molecule has 0 aliphatic heterocycles. The summed E-state index contributed by atoms with van der Waals surface area (Å²) >= 11 is 0. The molecular weight excluding hydrogens is 408 g/mol. The molecule has 34 heavy (non-hydrogen) atoms. The minimum absolute atomic E-state index is 0.0583. The minimum atomic E-state index is -0.0994. The highest BCUT2D eigenvalue weighted by molar-refractivity contribution is 5.50. The molecule has 0 heterocycles. The first-order valence-corrected chi connectivity index (χ1v) is 12.3. The maximum atomic E-state index is 2.36. The Kier molecular flexibility index (Phi) is 5.36. The lowest BCUT2D eigenvalue weighted by molar-refractivity contribution is 0.656. The Morgan fingerprint density at radius 2 is 0.500 bits per heavy atom. The summed E-state index contributed by atoms with van der Waals surface area (Å²) in [6.45, 7) is 9.16. The maximum absolute atomic E-state index is 2.36. The molecule has 0 saturated heterocycles. The van der Waals surface area contributed by atoms with Crippen molar-refractivity contribution in [2.75, 3.05) is 0 Å². The van der Waals surface area contributed by atoms with Crippen molar-refractivity contribution in [1.29, 1.82) is 0 Å². The molecule has 2 aliphatic rings. The van der Waals surface area contributed by atoms with Crippen LogP contribution in [-0.2, 0) is 21.7 Å². The van der Waals surface area contributed by atoms with E-state index in [9.17, 15) is 0 Å². The number of hydrogen-bond donors (Lipinski definition) is 0. The summed E-state index contributed by atoms with van der Waals surface area (Å²) in [4.78, 5) is 0. The number of allylic oxidation sites excluding steroid dienone is 8. The summed E-state index contributed by atoms with van der Waals surface area (Å²) in [5.74, 6) is 0. The Morgan fingerprint density at radius 3 is 0.735 bits per heavy atom. The van der Waals surface area contributed by atoms with Gasteiger partial charge in [-0.15, -0.1) is 0 Å². The van der Waals surface area contributed by atoms with Gasteiger partial charge in [-0.05, 0) is 49.9 Å². The van der Waals surface area contributed by atoms with Crippen molar-refractivity contribution >= 4 is 0 Å². The zero-order valence-electron chi connectivity index (χ0n) is 20.7. The van der Waals surface area contributed by atoms with Crippen molar-refractivity contribution in [2.24, 2.45) is 0 Å². The average molecular weight is 443 g/mol. The Bertz CT molecular complexity index is 1140. The summed E-state index contributed by atoms with van der Waals surface area (Å²) < 4.78 is 0. The topological polar surface area (TPSA) is 0 Å². The Balaban J connectivity index is 1.37. The van der Waals surface area contributed by atoms with Crippen LogP contribution in [0.15, 0.2) is 134 Å². The normalized spacial score (nSPS) is 32.1. The fourth-order valence-corrected chi connectivity index (χ4v) is 5.16. The Morgan fingerprint density at radius 1 is 0.294 bits per heavy atom. The molecule has 0 spiro atoms. The van der Waals surface area contributed by atoms with Crippen molar-refractivity contribution in [2.45, 2.75) is 49.4 Å². The quantitative estimate of drug-likeness (QED) is 0.356. The van der Waals surface area contributed by atoms with E-state index in [1.165, 1.54) is 22.3 Å². The Hall–Kier alpha value is -3.38. The zero-order valence-corrected chi connectivity index (χ0v) is 20.7. The van der Waals surface area contributed by atoms with Gasteiger partial charge in [-0.3, -0.25) is 0 Å². The van der Waals surface area contributed by atoms with E-state index in [-0.39, 0.29) is 21.7 Å². The molecule has 170 valence electrons. The highest BCUT2D eigenvalue weighted by atomic mass is 14.4. The van der Waals surface area contributed by atoms with E-state index in [2.05, 4.69) is 161 Å². The molecule has 0 heteroatoms. The third-order valence-corrected chi connectivity index (χ3v) is 8.02. The maximum Gasteiger partial charge on any atom is 0.0284 e. The van der Waals surface area contributed by atoms with E-state index < -0.39 is 0 Å². The van der Waals surface area contributed by atoms with Gasteiger partial charge in [-0.2, -0.15) is 0 Å². The first kappa shape index (κ1) is 22.4. The van der Waals surface area contributed by atoms with Crippen LogP contribution in [0.3, 0.4) is 0 Å². The first-order chi connectivity index (χ1) is 16.2. The van der Waals surface area contributed by atoms with Gasteiger partial charge in [-0.1, -0.05) is 134 Å². The molecule has 0 N–H and O–H groups in total. The first-order valence-electron chi connectivity index (χ1n) is 12.3. The number of hydrogen-bond acceptors (Lipinski definition) is 0. The fraction of sp³-hybridized carbons (Fsp3) is 0.235. The Labute approximate surface area is 205 Å². The van der Waals surface area contributed by atoms with Crippen molar-refractivity contribution in [3.8, 4) is 0 Å². The molecule has 0 bridgehead atoms. The van der Waals surface area contributed by atoms with E-state index in [1.807, 2.05) is 0 Å². The SMILES string of the molecule is CC1(c2ccccc2)C=CC(C)(c2ccc(C3(C)C=CC(C)(c4ccccc4)C=C3)cc2)C=C1. The molecule has 5 rings (SSSR count). The summed E-state index contributed by atoms with van der Waals surface area (Å²) in [5.41, 5.74) is 4.97. The van der Waals surface area contributed by atoms with Crippen LogP contribution in [0.2, 0.25) is 0 Å². The van der Waals surface area contributed by atoms with Crippen molar-refractivity contribution in [1.82, 2.24) is 0 Å². The van der Waals surface area contributed by atoms with Gasteiger partial charge in [-0.25, -0.2) is 0 Å². The highest BCUT2D eigenvalue weighted by Crippen LogP contribution is 2.41. The van der Waals surface area contributed by atoms with Gasteiger partial charge in [0.15, 0.2) is 0 Å². The van der Waals surface area contributed by atoms with Gasteiger partial charge in [0.25, 0.3) is 0 Å². The molecular formula is C34H34. The highest BCUT2D eigenvalue weighted by Gasteiger charge is 2.32. The second kappa shape index (κ2) is 8.13. The van der Waals surface area contributed by atoms with Crippen LogP contribution in [0.4, 0.5) is 0 Å². The third-order valence-electron chi connectivity index (χ3n) is 8.02. The van der Waals surface area contributed by atoms with E-state index in [0.717, 1.165) is 0 Å². The molecule has 0 radical (unpaired) electrons. The van der Waals surface area contributed by atoms with Crippen LogP contribution in [0.5, 0.6) is 0 Å². The smallest absolute Gasteiger partial charge is 0.0284 e. The minimum Gasteiger partial charge on any atom is -0.0733 e. The van der Waals surface area contributed by atoms with Gasteiger partial charge in [0.1, 0.15) is 0 Å². The second-order valence-corrected chi connectivity index (χ2v) is 10.8. The lowest BCUT2D eigenvalue weighted by Gasteiger charge is -2.35. The van der Waals surface area contributed by atoms with Gasteiger partial charge in [0, 0.05) is 21.7 Å². The number of benzene rings is 3. The monoisotopic (exact) mass is 442 g/mol. The van der Waals surface area contributed by atoms with Crippen LogP contribution in [0, 0.1) is 0 Å². The van der Waals surface area contributed by atoms with Gasteiger partial charge >= 0.3 is 0 Å². The summed E-state index contributed by atoms with van der Waals surface area (Å²) in [6.07, 6.45) is 18.9. The molecule has 2 aliphatic carbocycles. The van der Waals surface area contributed by atoms with Crippen molar-refractivity contribution < 1.29 is 0 Å². The predicted octanol–water partition coefficient (Wildman–Crippen LogP) is 8.37. The molecule has 0 unspecified atom stereocenters. The molecule has 0 aromatic heterocycles. The van der Waals surface area contributed by atoms with Crippen LogP contribution in [-0.4, -0.2) is 0 Å². The molecule has 0 atom stereocenters. The predicted molar refractivity (Wildman–Crippen MR) is 145 cm³/mol. The number of rotatable bonds is 4. The standard InChI is InChI=1S/C34H34/c1-31(27-11-7-5-8-12-27)19-23-33(3,24-20-31)29-15-17-30(18-16-29)34(4)25-21-32(2,22-26-34)28-13-9-6-10-14-28/h5-26H,1-4H3. The molecule has 0 amide bonds. The van der Waals surface area contributed by atoms with E-state index in [4.69, 9.17) is 0 Å². The van der Waals surface area contributed by atoms with Crippen LogP contribution < -0.4 is 0 Å². The lowest BCUT2D eigenvalue weighted by atomic mass is 9.69. The zero-order chi connectivity index (χ0) is 23.9. The van der Waals surface area contributed by atoms with Gasteiger partial charge < -0.3 is 0 Å². The van der Waals surface area contributed by atoms with Crippen LogP contribution in [0.1, 0.15) is 49.9 Å². The fourth-order valence-electron chi connectivity index (χ4n) is 5.16. The largest absolute Gasteiger partial charge is 0.0733 e. The lowest BCUT2D eigenvalue weighted by Crippen LogP contribution is -2.27.